The Morgan fingerprint density at radius 2 is 1.68 bits per heavy atom. The number of hydrogen-bond donors (Lipinski definition) is 7. The largest absolute Gasteiger partial charge is 0.390 e. The monoisotopic (exact) mass is 565 g/mol. The molecule has 4 rings (SSSR count). The number of nitrogens with two attached hydrogens (primary N) is 3. The van der Waals surface area contributed by atoms with Crippen LogP contribution in [0.25, 0.3) is 0 Å². The lowest BCUT2D eigenvalue weighted by molar-refractivity contribution is -0.214. The highest BCUT2D eigenvalue weighted by atomic mass is 16.3. The number of aliphatic hydroxyl groups excluding tert-OH is 2. The Labute approximate surface area is 242 Å². The third kappa shape index (κ3) is 6.54. The van der Waals surface area contributed by atoms with Crippen LogP contribution in [-0.2, 0) is 9.59 Å². The fourth-order valence-electron chi connectivity index (χ4n) is 9.62. The van der Waals surface area contributed by atoms with Crippen LogP contribution in [0.2, 0.25) is 0 Å². The van der Waals surface area contributed by atoms with E-state index in [1.54, 1.807) is 6.92 Å². The van der Waals surface area contributed by atoms with Crippen molar-refractivity contribution in [1.82, 2.24) is 10.6 Å². The van der Waals surface area contributed by atoms with Crippen molar-refractivity contribution in [3.05, 3.63) is 0 Å². The summed E-state index contributed by atoms with van der Waals surface area (Å²) in [5.74, 6) is 1.35. The first kappa shape index (κ1) is 33.2. The highest BCUT2D eigenvalue weighted by molar-refractivity contribution is 5.87. The maximum Gasteiger partial charge on any atom is 0.243 e. The predicted octanol–water partition coefficient (Wildman–Crippen LogP) is 2.71. The van der Waals surface area contributed by atoms with E-state index in [0.717, 1.165) is 44.9 Å². The van der Waals surface area contributed by atoms with Crippen LogP contribution in [0.5, 0.6) is 0 Å². The van der Waals surface area contributed by atoms with Gasteiger partial charge in [-0.25, -0.2) is 0 Å². The van der Waals surface area contributed by atoms with Gasteiger partial charge in [-0.2, -0.15) is 0 Å². The Hall–Kier alpha value is -1.26. The van der Waals surface area contributed by atoms with Crippen molar-refractivity contribution in [3.63, 3.8) is 0 Å². The fraction of sp³-hybridized carbons (Fsp3) is 0.935. The van der Waals surface area contributed by atoms with Crippen LogP contribution in [0.1, 0.15) is 112 Å². The molecule has 0 aromatic heterocycles. The molecule has 9 nitrogen and oxygen atoms in total. The maximum absolute atomic E-state index is 12.8. The van der Waals surface area contributed by atoms with E-state index < -0.39 is 23.9 Å². The molecule has 4 fully saturated rings. The molecule has 0 aromatic carbocycles. The summed E-state index contributed by atoms with van der Waals surface area (Å²) in [4.78, 5) is 25.2. The molecule has 10 atom stereocenters. The summed E-state index contributed by atoms with van der Waals surface area (Å²) >= 11 is 0. The smallest absolute Gasteiger partial charge is 0.243 e. The Bertz CT molecular complexity index is 880. The topological polar surface area (TPSA) is 177 Å². The van der Waals surface area contributed by atoms with E-state index in [1.807, 2.05) is 0 Å². The third-order valence-corrected chi connectivity index (χ3v) is 11.7. The van der Waals surface area contributed by atoms with E-state index in [-0.39, 0.29) is 48.6 Å². The second kappa shape index (κ2) is 12.9. The highest BCUT2D eigenvalue weighted by Gasteiger charge is 2.64. The number of amides is 2. The quantitative estimate of drug-likeness (QED) is 0.199. The molecule has 4 saturated carbocycles. The number of rotatable bonds is 10. The van der Waals surface area contributed by atoms with E-state index in [1.165, 1.54) is 19.3 Å². The van der Waals surface area contributed by atoms with Crippen LogP contribution in [0.3, 0.4) is 0 Å². The van der Waals surface area contributed by atoms with Crippen molar-refractivity contribution in [3.8, 4) is 0 Å². The molecule has 2 amide bonds. The van der Waals surface area contributed by atoms with Gasteiger partial charge in [-0.05, 0) is 112 Å². The summed E-state index contributed by atoms with van der Waals surface area (Å²) in [5, 5.41) is 28.1. The van der Waals surface area contributed by atoms with Gasteiger partial charge in [0.1, 0.15) is 6.04 Å². The van der Waals surface area contributed by atoms with Gasteiger partial charge in [0.05, 0.1) is 24.5 Å². The lowest BCUT2D eigenvalue weighted by atomic mass is 9.43. The Morgan fingerprint density at radius 3 is 2.35 bits per heavy atom. The van der Waals surface area contributed by atoms with Gasteiger partial charge in [-0.15, -0.1) is 0 Å². The van der Waals surface area contributed by atoms with Gasteiger partial charge in [0.15, 0.2) is 0 Å². The average Bonchev–Trinajstić information content (AvgIpc) is 3.20. The zero-order valence-corrected chi connectivity index (χ0v) is 24.5. The van der Waals surface area contributed by atoms with E-state index in [4.69, 9.17) is 17.2 Å². The first-order chi connectivity index (χ1) is 18.3. The van der Waals surface area contributed by atoms with Gasteiger partial charge >= 0.3 is 0 Å². The zero-order valence-electron chi connectivity index (χ0n) is 24.5. The van der Waals surface area contributed by atoms with Gasteiger partial charge < -0.3 is 38.0 Å². The second-order valence-corrected chi connectivity index (χ2v) is 14.3. The lowest BCUT2D eigenvalue weighted by Gasteiger charge is -2.63. The van der Waals surface area contributed by atoms with Gasteiger partial charge in [0.25, 0.3) is 0 Å². The van der Waals surface area contributed by atoms with Crippen molar-refractivity contribution < 1.29 is 19.8 Å². The molecule has 4 aliphatic carbocycles. The summed E-state index contributed by atoms with van der Waals surface area (Å²) in [7, 11) is 0. The Balaban J connectivity index is 0.00000441. The van der Waals surface area contributed by atoms with Crippen molar-refractivity contribution in [2.24, 2.45) is 57.6 Å². The lowest BCUT2D eigenvalue weighted by Crippen LogP contribution is -2.63. The molecule has 0 spiro atoms. The van der Waals surface area contributed by atoms with E-state index >= 15 is 0 Å². The molecule has 40 heavy (non-hydrogen) atoms. The molecule has 0 aliphatic heterocycles. The molecule has 232 valence electrons. The fourth-order valence-corrected chi connectivity index (χ4v) is 9.62. The van der Waals surface area contributed by atoms with Crippen LogP contribution in [0, 0.1) is 40.4 Å². The van der Waals surface area contributed by atoms with Gasteiger partial charge in [0, 0.05) is 6.42 Å². The summed E-state index contributed by atoms with van der Waals surface area (Å²) in [5.41, 5.74) is 16.6. The highest BCUT2D eigenvalue weighted by Crippen LogP contribution is 2.67. The zero-order chi connectivity index (χ0) is 28.6. The SMILES string of the molecule is C.CC(N)(N)CCC(NC(=O)CCCC1CCC2C3C(O)C(O)C4CCCCC4(C)C3CCC12C)C(=O)NCN. The maximum atomic E-state index is 12.8. The normalized spacial score (nSPS) is 39.6. The number of hydrogen-bond acceptors (Lipinski definition) is 7. The van der Waals surface area contributed by atoms with Gasteiger partial charge in [-0.3, -0.25) is 9.59 Å². The van der Waals surface area contributed by atoms with E-state index in [9.17, 15) is 19.8 Å². The Morgan fingerprint density at radius 1 is 0.975 bits per heavy atom. The van der Waals surface area contributed by atoms with Crippen LogP contribution in [0.4, 0.5) is 0 Å². The molecule has 10 unspecified atom stereocenters. The van der Waals surface area contributed by atoms with Crippen LogP contribution >= 0.6 is 0 Å². The molecule has 10 N–H and O–H groups in total. The predicted molar refractivity (Wildman–Crippen MR) is 158 cm³/mol. The van der Waals surface area contributed by atoms with Crippen LogP contribution < -0.4 is 27.8 Å². The molecule has 0 aromatic rings. The van der Waals surface area contributed by atoms with Crippen LogP contribution in [0.15, 0.2) is 0 Å². The molecule has 4 aliphatic rings. The molecule has 0 heterocycles. The first-order valence-corrected chi connectivity index (χ1v) is 15.5. The molecular weight excluding hydrogens is 506 g/mol. The molecule has 0 bridgehead atoms. The van der Waals surface area contributed by atoms with E-state index in [0.29, 0.717) is 37.0 Å². The number of fused-ring (bicyclic) bond motifs is 5. The summed E-state index contributed by atoms with van der Waals surface area (Å²) < 4.78 is 0. The van der Waals surface area contributed by atoms with Gasteiger partial charge in [-0.1, -0.05) is 34.1 Å². The average molecular weight is 566 g/mol. The van der Waals surface area contributed by atoms with Gasteiger partial charge in [0.2, 0.25) is 11.8 Å². The number of nitrogens with one attached hydrogen (secondary N) is 2. The third-order valence-electron chi connectivity index (χ3n) is 11.7. The molecular formula is C31H59N5O4. The van der Waals surface area contributed by atoms with Crippen molar-refractivity contribution in [1.29, 1.82) is 0 Å². The molecule has 9 heteroatoms. The summed E-state index contributed by atoms with van der Waals surface area (Å²) in [6.07, 6.45) is 10.7. The second-order valence-electron chi connectivity index (χ2n) is 14.3. The first-order valence-electron chi connectivity index (χ1n) is 15.5. The molecule has 0 radical (unpaired) electrons. The standard InChI is InChI=1S/C30H55N5O4.CH4/c1-28-15-12-20-24(26(38)25(37)21-8-4-5-14-29(20,21)2)19(28)11-10-18(28)7-6-9-23(36)35-22(27(39)34-17-31)13-16-30(3,32)33;/h18-22,24-26,37-38H,4-17,31-33H2,1-3H3,(H,34,39)(H,35,36);1H4. The van der Waals surface area contributed by atoms with E-state index in [2.05, 4.69) is 24.5 Å². The minimum Gasteiger partial charge on any atom is -0.390 e. The van der Waals surface area contributed by atoms with Crippen molar-refractivity contribution >= 4 is 11.8 Å². The minimum atomic E-state index is -0.920. The van der Waals surface area contributed by atoms with Crippen molar-refractivity contribution in [2.45, 2.75) is 136 Å². The Kier molecular flexibility index (Phi) is 10.8. The summed E-state index contributed by atoms with van der Waals surface area (Å²) in [6, 6.07) is -0.708. The number of carbonyl (C=O) groups is 2. The van der Waals surface area contributed by atoms with Crippen LogP contribution in [-0.4, -0.2) is 52.6 Å². The summed E-state index contributed by atoms with van der Waals surface area (Å²) in [6.45, 7) is 6.50. The molecule has 0 saturated heterocycles. The minimum absolute atomic E-state index is 0. The number of carbonyl (C=O) groups excluding carboxylic acids is 2. The van der Waals surface area contributed by atoms with Crippen molar-refractivity contribution in [2.75, 3.05) is 6.67 Å². The number of aliphatic hydroxyl groups is 2.